The van der Waals surface area contributed by atoms with Crippen LogP contribution < -0.4 is 20.5 Å². The number of amides is 1. The van der Waals surface area contributed by atoms with E-state index in [0.717, 1.165) is 37.0 Å². The number of nitrogens with one attached hydrogen (secondary N) is 1. The zero-order chi connectivity index (χ0) is 15.9. The number of nitrogens with two attached hydrogens (primary N) is 1. The monoisotopic (exact) mass is 306 g/mol. The molecule has 0 bridgehead atoms. The third kappa shape index (κ3) is 4.13. The van der Waals surface area contributed by atoms with Crippen molar-refractivity contribution in [2.24, 2.45) is 11.7 Å². The van der Waals surface area contributed by atoms with Gasteiger partial charge in [0.15, 0.2) is 11.5 Å². The van der Waals surface area contributed by atoms with Gasteiger partial charge in [-0.1, -0.05) is 19.1 Å². The van der Waals surface area contributed by atoms with Crippen LogP contribution in [-0.2, 0) is 11.3 Å². The van der Waals surface area contributed by atoms with Crippen LogP contribution in [0.25, 0.3) is 0 Å². The van der Waals surface area contributed by atoms with Crippen molar-refractivity contribution in [3.05, 3.63) is 23.8 Å². The molecule has 1 amide bonds. The van der Waals surface area contributed by atoms with Crippen molar-refractivity contribution in [1.29, 1.82) is 0 Å². The Bertz CT molecular complexity index is 505. The summed E-state index contributed by atoms with van der Waals surface area (Å²) >= 11 is 0. The molecule has 5 heteroatoms. The van der Waals surface area contributed by atoms with Crippen LogP contribution in [0.2, 0.25) is 0 Å². The highest BCUT2D eigenvalue weighted by atomic mass is 16.5. The summed E-state index contributed by atoms with van der Waals surface area (Å²) in [4.78, 5) is 12.2. The number of carbonyl (C=O) groups is 1. The fraction of sp³-hybridized carbons (Fsp3) is 0.588. The molecule has 0 unspecified atom stereocenters. The van der Waals surface area contributed by atoms with Crippen molar-refractivity contribution in [1.82, 2.24) is 5.32 Å². The molecule has 5 nitrogen and oxygen atoms in total. The molecule has 1 aromatic rings. The molecule has 2 atom stereocenters. The number of para-hydroxylation sites is 1. The summed E-state index contributed by atoms with van der Waals surface area (Å²) in [6.07, 6.45) is 3.51. The van der Waals surface area contributed by atoms with E-state index in [4.69, 9.17) is 15.2 Å². The Labute approximate surface area is 132 Å². The minimum absolute atomic E-state index is 0.0422. The predicted molar refractivity (Wildman–Crippen MR) is 85.9 cm³/mol. The third-order valence-corrected chi connectivity index (χ3v) is 4.03. The van der Waals surface area contributed by atoms with Crippen molar-refractivity contribution in [2.45, 2.75) is 45.2 Å². The Morgan fingerprint density at radius 2 is 2.23 bits per heavy atom. The van der Waals surface area contributed by atoms with Gasteiger partial charge in [0, 0.05) is 24.1 Å². The highest BCUT2D eigenvalue weighted by Gasteiger charge is 2.27. The molecule has 1 fully saturated rings. The van der Waals surface area contributed by atoms with Gasteiger partial charge in [0.05, 0.1) is 13.7 Å². The molecular weight excluding hydrogens is 280 g/mol. The standard InChI is InChI=1S/C17H26N2O3/c1-3-9-22-16-13(5-4-6-15(16)21-2)11-19-17(20)12-7-8-14(18)10-12/h4-6,12,14H,3,7-11,18H2,1-2H3,(H,19,20)/t12-,14+/m1/s1. The lowest BCUT2D eigenvalue weighted by molar-refractivity contribution is -0.125. The molecule has 0 radical (unpaired) electrons. The lowest BCUT2D eigenvalue weighted by atomic mass is 10.1. The maximum absolute atomic E-state index is 12.2. The van der Waals surface area contributed by atoms with Crippen LogP contribution in [0, 0.1) is 5.92 Å². The van der Waals surface area contributed by atoms with Gasteiger partial charge >= 0.3 is 0 Å². The van der Waals surface area contributed by atoms with E-state index >= 15 is 0 Å². The van der Waals surface area contributed by atoms with E-state index in [1.54, 1.807) is 7.11 Å². The van der Waals surface area contributed by atoms with Crippen molar-refractivity contribution in [2.75, 3.05) is 13.7 Å². The molecular formula is C17H26N2O3. The highest BCUT2D eigenvalue weighted by molar-refractivity contribution is 5.79. The van der Waals surface area contributed by atoms with E-state index in [1.807, 2.05) is 18.2 Å². The first-order valence-electron chi connectivity index (χ1n) is 7.97. The summed E-state index contributed by atoms with van der Waals surface area (Å²) in [5, 5.41) is 3.00. The lowest BCUT2D eigenvalue weighted by Crippen LogP contribution is -2.30. The SMILES string of the molecule is CCCOc1c(CNC(=O)[C@@H]2CC[C@H](N)C2)cccc1OC. The molecule has 0 saturated heterocycles. The molecule has 0 heterocycles. The Morgan fingerprint density at radius 3 is 2.86 bits per heavy atom. The van der Waals surface area contributed by atoms with Crippen molar-refractivity contribution in [3.8, 4) is 11.5 Å². The topological polar surface area (TPSA) is 73.6 Å². The van der Waals surface area contributed by atoms with Gasteiger partial charge < -0.3 is 20.5 Å². The number of methoxy groups -OCH3 is 1. The average molecular weight is 306 g/mol. The largest absolute Gasteiger partial charge is 0.493 e. The average Bonchev–Trinajstić information content (AvgIpc) is 2.97. The molecule has 3 N–H and O–H groups in total. The van der Waals surface area contributed by atoms with Crippen LogP contribution in [0.5, 0.6) is 11.5 Å². The Morgan fingerprint density at radius 1 is 1.41 bits per heavy atom. The van der Waals surface area contributed by atoms with Gasteiger partial charge in [-0.05, 0) is 31.7 Å². The molecule has 22 heavy (non-hydrogen) atoms. The molecule has 0 spiro atoms. The molecule has 0 aliphatic heterocycles. The van der Waals surface area contributed by atoms with E-state index in [0.29, 0.717) is 18.9 Å². The zero-order valence-electron chi connectivity index (χ0n) is 13.4. The summed E-state index contributed by atoms with van der Waals surface area (Å²) in [6.45, 7) is 3.12. The van der Waals surface area contributed by atoms with E-state index < -0.39 is 0 Å². The fourth-order valence-corrected chi connectivity index (χ4v) is 2.81. The molecule has 1 saturated carbocycles. The first kappa shape index (κ1) is 16.6. The van der Waals surface area contributed by atoms with Gasteiger partial charge in [0.2, 0.25) is 5.91 Å². The smallest absolute Gasteiger partial charge is 0.223 e. The number of hydrogen-bond acceptors (Lipinski definition) is 4. The van der Waals surface area contributed by atoms with Crippen LogP contribution in [0.1, 0.15) is 38.2 Å². The van der Waals surface area contributed by atoms with E-state index in [2.05, 4.69) is 12.2 Å². The van der Waals surface area contributed by atoms with Crippen LogP contribution in [0.4, 0.5) is 0 Å². The van der Waals surface area contributed by atoms with Gasteiger partial charge in [0.25, 0.3) is 0 Å². The van der Waals surface area contributed by atoms with Crippen molar-refractivity contribution >= 4 is 5.91 Å². The number of ether oxygens (including phenoxy) is 2. The predicted octanol–water partition coefficient (Wildman–Crippen LogP) is 2.23. The Kier molecular flexibility index (Phi) is 6.07. The highest BCUT2D eigenvalue weighted by Crippen LogP contribution is 2.31. The van der Waals surface area contributed by atoms with Crippen molar-refractivity contribution in [3.63, 3.8) is 0 Å². The second-order valence-corrected chi connectivity index (χ2v) is 5.78. The minimum atomic E-state index is 0.0422. The summed E-state index contributed by atoms with van der Waals surface area (Å²) in [7, 11) is 1.62. The van der Waals surface area contributed by atoms with Gasteiger partial charge in [-0.15, -0.1) is 0 Å². The van der Waals surface area contributed by atoms with Crippen LogP contribution in [0.3, 0.4) is 0 Å². The second kappa shape index (κ2) is 8.03. The van der Waals surface area contributed by atoms with Crippen LogP contribution in [0.15, 0.2) is 18.2 Å². The zero-order valence-corrected chi connectivity index (χ0v) is 13.4. The maximum Gasteiger partial charge on any atom is 0.223 e. The number of rotatable bonds is 7. The van der Waals surface area contributed by atoms with Gasteiger partial charge in [-0.3, -0.25) is 4.79 Å². The maximum atomic E-state index is 12.2. The van der Waals surface area contributed by atoms with E-state index in [9.17, 15) is 4.79 Å². The minimum Gasteiger partial charge on any atom is -0.493 e. The fourth-order valence-electron chi connectivity index (χ4n) is 2.81. The lowest BCUT2D eigenvalue weighted by Gasteiger charge is -2.16. The van der Waals surface area contributed by atoms with Crippen LogP contribution in [-0.4, -0.2) is 25.7 Å². The first-order chi connectivity index (χ1) is 10.7. The van der Waals surface area contributed by atoms with E-state index in [-0.39, 0.29) is 17.9 Å². The second-order valence-electron chi connectivity index (χ2n) is 5.78. The Hall–Kier alpha value is -1.75. The summed E-state index contributed by atoms with van der Waals surface area (Å²) in [6, 6.07) is 5.89. The molecule has 1 aromatic carbocycles. The van der Waals surface area contributed by atoms with Gasteiger partial charge in [-0.2, -0.15) is 0 Å². The van der Waals surface area contributed by atoms with Crippen molar-refractivity contribution < 1.29 is 14.3 Å². The summed E-state index contributed by atoms with van der Waals surface area (Å²) in [5.74, 6) is 1.54. The summed E-state index contributed by atoms with van der Waals surface area (Å²) < 4.78 is 11.1. The number of carbonyl (C=O) groups excluding carboxylic acids is 1. The third-order valence-electron chi connectivity index (χ3n) is 4.03. The van der Waals surface area contributed by atoms with E-state index in [1.165, 1.54) is 0 Å². The molecule has 1 aliphatic rings. The molecule has 122 valence electrons. The first-order valence-corrected chi connectivity index (χ1v) is 7.97. The number of hydrogen-bond donors (Lipinski definition) is 2. The quantitative estimate of drug-likeness (QED) is 0.810. The number of benzene rings is 1. The normalized spacial score (nSPS) is 20.7. The summed E-state index contributed by atoms with van der Waals surface area (Å²) in [5.41, 5.74) is 6.80. The molecule has 0 aromatic heterocycles. The Balaban J connectivity index is 2.00. The van der Waals surface area contributed by atoms with Crippen LogP contribution >= 0.6 is 0 Å². The molecule has 1 aliphatic carbocycles. The van der Waals surface area contributed by atoms with Gasteiger partial charge in [-0.25, -0.2) is 0 Å². The molecule has 2 rings (SSSR count). The van der Waals surface area contributed by atoms with Gasteiger partial charge in [0.1, 0.15) is 0 Å².